The molecule has 1 amide bonds. The number of hydrogen-bond acceptors (Lipinski definition) is 6. The third-order valence-corrected chi connectivity index (χ3v) is 4.14. The van der Waals surface area contributed by atoms with Crippen LogP contribution in [-0.2, 0) is 9.59 Å². The summed E-state index contributed by atoms with van der Waals surface area (Å²) in [5, 5.41) is 11.6. The minimum Gasteiger partial charge on any atom is -0.550 e. The second-order valence-electron chi connectivity index (χ2n) is 5.72. The third kappa shape index (κ3) is 3.56. The van der Waals surface area contributed by atoms with Crippen LogP contribution < -0.4 is 15.5 Å². The highest BCUT2D eigenvalue weighted by atomic mass is 16.5. The highest BCUT2D eigenvalue weighted by Gasteiger charge is 2.23. The molecule has 0 N–H and O–H groups in total. The fourth-order valence-electron chi connectivity index (χ4n) is 2.73. The molecule has 24 heavy (non-hydrogen) atoms. The molecule has 0 spiro atoms. The van der Waals surface area contributed by atoms with Crippen LogP contribution in [0.15, 0.2) is 39.5 Å². The Kier molecular flexibility index (Phi) is 4.50. The van der Waals surface area contributed by atoms with Gasteiger partial charge >= 0.3 is 5.63 Å². The number of rotatable bonds is 4. The van der Waals surface area contributed by atoms with Crippen molar-refractivity contribution in [1.29, 1.82) is 0 Å². The lowest BCUT2D eigenvalue weighted by atomic mass is 9.97. The SMILES string of the molecule is O=C([O-])C1CCN(C(=O)COc2ccc3ccc(=O)oc3c2)CC1. The van der Waals surface area contributed by atoms with E-state index in [0.717, 1.165) is 5.39 Å². The highest BCUT2D eigenvalue weighted by Crippen LogP contribution is 2.20. The number of aliphatic carboxylic acids is 1. The molecule has 7 heteroatoms. The maximum absolute atomic E-state index is 12.1. The molecule has 1 aliphatic rings. The normalized spacial score (nSPS) is 15.4. The molecule has 2 heterocycles. The number of amides is 1. The molecule has 1 fully saturated rings. The monoisotopic (exact) mass is 330 g/mol. The number of carboxylic acid groups (broad SMARTS) is 1. The summed E-state index contributed by atoms with van der Waals surface area (Å²) in [6.07, 6.45) is 0.796. The van der Waals surface area contributed by atoms with Crippen molar-refractivity contribution in [3.63, 3.8) is 0 Å². The van der Waals surface area contributed by atoms with E-state index in [0.29, 0.717) is 37.3 Å². The van der Waals surface area contributed by atoms with Gasteiger partial charge in [-0.1, -0.05) is 0 Å². The van der Waals surface area contributed by atoms with Crippen LogP contribution in [0.1, 0.15) is 12.8 Å². The number of likely N-dealkylation sites (tertiary alicyclic amines) is 1. The van der Waals surface area contributed by atoms with Gasteiger partial charge < -0.3 is 24.0 Å². The molecule has 1 aliphatic heterocycles. The Bertz CT molecular complexity index is 819. The Morgan fingerprint density at radius 3 is 2.62 bits per heavy atom. The number of hydrogen-bond donors (Lipinski definition) is 0. The lowest BCUT2D eigenvalue weighted by Crippen LogP contribution is -2.45. The third-order valence-electron chi connectivity index (χ3n) is 4.14. The summed E-state index contributed by atoms with van der Waals surface area (Å²) in [6, 6.07) is 7.98. The zero-order chi connectivity index (χ0) is 17.1. The number of fused-ring (bicyclic) bond motifs is 1. The summed E-state index contributed by atoms with van der Waals surface area (Å²) < 4.78 is 10.5. The van der Waals surface area contributed by atoms with Crippen molar-refractivity contribution < 1.29 is 23.8 Å². The molecule has 1 aromatic heterocycles. The molecule has 3 rings (SSSR count). The minimum atomic E-state index is -1.06. The van der Waals surface area contributed by atoms with Crippen LogP contribution in [-0.4, -0.2) is 36.5 Å². The Labute approximate surface area is 137 Å². The molecule has 0 atom stereocenters. The van der Waals surface area contributed by atoms with Gasteiger partial charge in [0.15, 0.2) is 6.61 Å². The Hall–Kier alpha value is -2.83. The smallest absolute Gasteiger partial charge is 0.336 e. The van der Waals surface area contributed by atoms with Gasteiger partial charge in [-0.25, -0.2) is 4.79 Å². The van der Waals surface area contributed by atoms with E-state index in [-0.39, 0.29) is 12.5 Å². The average molecular weight is 330 g/mol. The van der Waals surface area contributed by atoms with Crippen molar-refractivity contribution in [2.45, 2.75) is 12.8 Å². The van der Waals surface area contributed by atoms with Gasteiger partial charge in [0.2, 0.25) is 0 Å². The lowest BCUT2D eigenvalue weighted by Gasteiger charge is -2.32. The predicted molar refractivity (Wildman–Crippen MR) is 82.3 cm³/mol. The van der Waals surface area contributed by atoms with Crippen molar-refractivity contribution in [3.8, 4) is 5.75 Å². The molecule has 1 aromatic carbocycles. The zero-order valence-corrected chi connectivity index (χ0v) is 12.9. The van der Waals surface area contributed by atoms with Crippen LogP contribution in [0, 0.1) is 5.92 Å². The van der Waals surface area contributed by atoms with Crippen LogP contribution in [0.25, 0.3) is 11.0 Å². The van der Waals surface area contributed by atoms with E-state index in [9.17, 15) is 19.5 Å². The van der Waals surface area contributed by atoms with Crippen LogP contribution in [0.4, 0.5) is 0 Å². The Balaban J connectivity index is 1.58. The predicted octanol–water partition coefficient (Wildman–Crippen LogP) is 0.160. The molecule has 0 radical (unpaired) electrons. The molecule has 0 unspecified atom stereocenters. The van der Waals surface area contributed by atoms with Crippen molar-refractivity contribution in [2.75, 3.05) is 19.7 Å². The summed E-state index contributed by atoms with van der Waals surface area (Å²) in [4.78, 5) is 35.7. The van der Waals surface area contributed by atoms with E-state index in [1.807, 2.05) is 0 Å². The van der Waals surface area contributed by atoms with E-state index in [1.165, 1.54) is 6.07 Å². The molecule has 0 aliphatic carbocycles. The van der Waals surface area contributed by atoms with E-state index < -0.39 is 17.5 Å². The molecule has 0 bridgehead atoms. The first-order valence-corrected chi connectivity index (χ1v) is 7.68. The maximum Gasteiger partial charge on any atom is 0.336 e. The number of ether oxygens (including phenoxy) is 1. The number of piperidine rings is 1. The van der Waals surface area contributed by atoms with Crippen molar-refractivity contribution in [3.05, 3.63) is 40.8 Å². The maximum atomic E-state index is 12.1. The molecular formula is C17H16NO6-. The summed E-state index contributed by atoms with van der Waals surface area (Å²) in [5.74, 6) is -1.33. The van der Waals surface area contributed by atoms with Gasteiger partial charge in [-0.05, 0) is 31.0 Å². The minimum absolute atomic E-state index is 0.154. The number of carboxylic acids is 1. The molecule has 1 saturated heterocycles. The molecule has 126 valence electrons. The second-order valence-corrected chi connectivity index (χ2v) is 5.72. The molecule has 0 saturated carbocycles. The Morgan fingerprint density at radius 1 is 1.21 bits per heavy atom. The largest absolute Gasteiger partial charge is 0.550 e. The molecular weight excluding hydrogens is 314 g/mol. The van der Waals surface area contributed by atoms with Gasteiger partial charge in [0.05, 0.1) is 0 Å². The first kappa shape index (κ1) is 16.0. The topological polar surface area (TPSA) is 99.9 Å². The zero-order valence-electron chi connectivity index (χ0n) is 12.9. The van der Waals surface area contributed by atoms with Crippen LogP contribution in [0.3, 0.4) is 0 Å². The van der Waals surface area contributed by atoms with Crippen LogP contribution in [0.5, 0.6) is 5.75 Å². The van der Waals surface area contributed by atoms with Crippen LogP contribution >= 0.6 is 0 Å². The standard InChI is InChI=1S/C17H17NO6/c19-15(18-7-5-12(6-8-18)17(21)22)10-23-13-3-1-11-2-4-16(20)24-14(11)9-13/h1-4,9,12H,5-8,10H2,(H,21,22)/p-1. The molecule has 7 nitrogen and oxygen atoms in total. The van der Waals surface area contributed by atoms with Crippen molar-refractivity contribution in [2.24, 2.45) is 5.92 Å². The summed E-state index contributed by atoms with van der Waals surface area (Å²) >= 11 is 0. The van der Waals surface area contributed by atoms with E-state index in [4.69, 9.17) is 9.15 Å². The van der Waals surface area contributed by atoms with Gasteiger partial charge in [-0.3, -0.25) is 4.79 Å². The summed E-state index contributed by atoms with van der Waals surface area (Å²) in [5.41, 5.74) is -0.0614. The van der Waals surface area contributed by atoms with Gasteiger partial charge in [-0.15, -0.1) is 0 Å². The lowest BCUT2D eigenvalue weighted by molar-refractivity contribution is -0.312. The van der Waals surface area contributed by atoms with Gasteiger partial charge in [0, 0.05) is 42.5 Å². The van der Waals surface area contributed by atoms with E-state index >= 15 is 0 Å². The highest BCUT2D eigenvalue weighted by molar-refractivity contribution is 5.79. The summed E-state index contributed by atoms with van der Waals surface area (Å²) in [7, 11) is 0. The number of nitrogens with zero attached hydrogens (tertiary/aromatic N) is 1. The first-order chi connectivity index (χ1) is 11.5. The van der Waals surface area contributed by atoms with Crippen molar-refractivity contribution >= 4 is 22.8 Å². The average Bonchev–Trinajstić information content (AvgIpc) is 2.59. The fourth-order valence-corrected chi connectivity index (χ4v) is 2.73. The van der Waals surface area contributed by atoms with Gasteiger partial charge in [0.1, 0.15) is 11.3 Å². The number of carbonyl (C=O) groups is 2. The van der Waals surface area contributed by atoms with E-state index in [2.05, 4.69) is 0 Å². The van der Waals surface area contributed by atoms with E-state index in [1.54, 1.807) is 29.2 Å². The first-order valence-electron chi connectivity index (χ1n) is 7.68. The summed E-state index contributed by atoms with van der Waals surface area (Å²) in [6.45, 7) is 0.611. The fraction of sp³-hybridized carbons (Fsp3) is 0.353. The van der Waals surface area contributed by atoms with Gasteiger partial charge in [0.25, 0.3) is 5.91 Å². The Morgan fingerprint density at radius 2 is 1.92 bits per heavy atom. The molecule has 2 aromatic rings. The number of benzene rings is 1. The quantitative estimate of drug-likeness (QED) is 0.740. The van der Waals surface area contributed by atoms with Gasteiger partial charge in [-0.2, -0.15) is 0 Å². The van der Waals surface area contributed by atoms with Crippen LogP contribution in [0.2, 0.25) is 0 Å². The number of carbonyl (C=O) groups excluding carboxylic acids is 2. The second kappa shape index (κ2) is 6.74. The van der Waals surface area contributed by atoms with Crippen molar-refractivity contribution in [1.82, 2.24) is 4.90 Å².